The number of ether oxygens (including phenoxy) is 1. The van der Waals surface area contributed by atoms with Crippen molar-refractivity contribution in [1.29, 1.82) is 0 Å². The first kappa shape index (κ1) is 33.8. The van der Waals surface area contributed by atoms with Crippen molar-refractivity contribution < 1.29 is 13.2 Å². The summed E-state index contributed by atoms with van der Waals surface area (Å²) in [5.74, 6) is 3.29. The molecule has 3 aliphatic rings. The van der Waals surface area contributed by atoms with Crippen LogP contribution in [-0.2, 0) is 15.6 Å². The molecule has 2 aromatic heterocycles. The van der Waals surface area contributed by atoms with Crippen LogP contribution in [0, 0.1) is 12.8 Å². The third-order valence-electron chi connectivity index (χ3n) is 10.0. The van der Waals surface area contributed by atoms with Gasteiger partial charge in [0, 0.05) is 61.5 Å². The molecule has 0 saturated carbocycles. The summed E-state index contributed by atoms with van der Waals surface area (Å²) in [5, 5.41) is 11.3. The first-order valence-corrected chi connectivity index (χ1v) is 19.8. The standard InChI is InChI=1S/C36H46N8O3S2/c1-4-47-33-34(37-32-20-25(2)40-41-32)38-36(48-30-12-14-31(15-13-30)49(45,46)24-26-8-6-5-7-9-26)39-35(33)44-18-16-43(17-19-44)23-27-21-28-10-11-29(22-27)42(28)3/h5-9,12-15,20,27-29H,4,10-11,16-19,21-24H2,1-3H3,(H2,37,38,39,40,41). The number of aromatic nitrogens is 4. The number of nitrogens with zero attached hydrogens (tertiary/aromatic N) is 6. The SMILES string of the molecule is CCOc1c(Nc2cc(C)[nH]n2)nc(Sc2ccc(S(=O)(=O)Cc3ccccc3)cc2)nc1N1CCN(CC2CC3CCC(C2)N3C)CC1. The second-order valence-corrected chi connectivity index (χ2v) is 16.5. The van der Waals surface area contributed by atoms with E-state index in [2.05, 4.69) is 37.3 Å². The number of piperidine rings is 1. The van der Waals surface area contributed by atoms with Gasteiger partial charge in [-0.05, 0) is 94.1 Å². The van der Waals surface area contributed by atoms with Gasteiger partial charge >= 0.3 is 0 Å². The summed E-state index contributed by atoms with van der Waals surface area (Å²) in [7, 11) is -1.17. The minimum absolute atomic E-state index is 0.0420. The van der Waals surface area contributed by atoms with Gasteiger partial charge in [0.1, 0.15) is 0 Å². The number of nitrogens with one attached hydrogen (secondary N) is 2. The Hall–Kier alpha value is -3.65. The van der Waals surface area contributed by atoms with Crippen LogP contribution in [0.3, 0.4) is 0 Å². The van der Waals surface area contributed by atoms with Crippen molar-refractivity contribution in [2.45, 2.75) is 72.3 Å². The van der Waals surface area contributed by atoms with Crippen molar-refractivity contribution in [2.75, 3.05) is 56.6 Å². The zero-order valence-corrected chi connectivity index (χ0v) is 30.1. The van der Waals surface area contributed by atoms with E-state index >= 15 is 0 Å². The first-order valence-electron chi connectivity index (χ1n) is 17.3. The Labute approximate surface area is 293 Å². The first-order chi connectivity index (χ1) is 23.7. The molecule has 13 heteroatoms. The fraction of sp³-hybridized carbons (Fsp3) is 0.472. The highest BCUT2D eigenvalue weighted by molar-refractivity contribution is 7.99. The molecule has 0 radical (unpaired) electrons. The van der Waals surface area contributed by atoms with Gasteiger partial charge in [0.25, 0.3) is 0 Å². The van der Waals surface area contributed by atoms with Gasteiger partial charge in [-0.25, -0.2) is 18.4 Å². The Morgan fingerprint density at radius 1 is 0.980 bits per heavy atom. The van der Waals surface area contributed by atoms with Crippen molar-refractivity contribution in [3.05, 3.63) is 71.9 Å². The minimum Gasteiger partial charge on any atom is -0.487 e. The molecule has 2 aromatic carbocycles. The molecule has 2 atom stereocenters. The Morgan fingerprint density at radius 3 is 2.35 bits per heavy atom. The summed E-state index contributed by atoms with van der Waals surface area (Å²) in [6.45, 7) is 9.18. The third-order valence-corrected chi connectivity index (χ3v) is 12.6. The lowest BCUT2D eigenvalue weighted by atomic mass is 9.90. The van der Waals surface area contributed by atoms with Crippen molar-refractivity contribution in [3.63, 3.8) is 0 Å². The summed E-state index contributed by atoms with van der Waals surface area (Å²) >= 11 is 1.39. The molecule has 5 heterocycles. The monoisotopic (exact) mass is 702 g/mol. The van der Waals surface area contributed by atoms with Gasteiger partial charge in [0.05, 0.1) is 17.3 Å². The number of sulfone groups is 1. The van der Waals surface area contributed by atoms with E-state index in [1.807, 2.05) is 62.4 Å². The lowest BCUT2D eigenvalue weighted by Gasteiger charge is -2.41. The van der Waals surface area contributed by atoms with Crippen LogP contribution in [0.25, 0.3) is 0 Å². The molecule has 2 bridgehead atoms. The van der Waals surface area contributed by atoms with Gasteiger partial charge < -0.3 is 19.9 Å². The largest absolute Gasteiger partial charge is 0.487 e. The zero-order chi connectivity index (χ0) is 34.0. The van der Waals surface area contributed by atoms with Gasteiger partial charge in [-0.15, -0.1) is 0 Å². The Morgan fingerprint density at radius 2 is 1.69 bits per heavy atom. The van der Waals surface area contributed by atoms with E-state index in [1.54, 1.807) is 12.1 Å². The molecule has 11 nitrogen and oxygen atoms in total. The number of rotatable bonds is 12. The summed E-state index contributed by atoms with van der Waals surface area (Å²) < 4.78 is 32.5. The van der Waals surface area contributed by atoms with Gasteiger partial charge in [-0.3, -0.25) is 10.00 Å². The number of aromatic amines is 1. The number of hydrogen-bond donors (Lipinski definition) is 2. The highest BCUT2D eigenvalue weighted by Gasteiger charge is 2.39. The number of hydrogen-bond acceptors (Lipinski definition) is 11. The maximum Gasteiger partial charge on any atom is 0.205 e. The molecule has 2 N–H and O–H groups in total. The predicted octanol–water partition coefficient (Wildman–Crippen LogP) is 5.77. The quantitative estimate of drug-likeness (QED) is 0.175. The summed E-state index contributed by atoms with van der Waals surface area (Å²) in [6, 6.07) is 19.7. The molecule has 3 fully saturated rings. The molecular formula is C36H46N8O3S2. The molecule has 260 valence electrons. The molecule has 0 spiro atoms. The molecule has 2 unspecified atom stereocenters. The second kappa shape index (κ2) is 14.7. The zero-order valence-electron chi connectivity index (χ0n) is 28.5. The highest BCUT2D eigenvalue weighted by Crippen LogP contribution is 2.40. The maximum absolute atomic E-state index is 13.1. The summed E-state index contributed by atoms with van der Waals surface area (Å²) in [5.41, 5.74) is 1.69. The molecule has 49 heavy (non-hydrogen) atoms. The average molecular weight is 703 g/mol. The lowest BCUT2D eigenvalue weighted by Crippen LogP contribution is -2.50. The lowest BCUT2D eigenvalue weighted by molar-refractivity contribution is 0.103. The Balaban J connectivity index is 1.10. The van der Waals surface area contributed by atoms with E-state index in [4.69, 9.17) is 14.7 Å². The fourth-order valence-electron chi connectivity index (χ4n) is 7.52. The van der Waals surface area contributed by atoms with E-state index in [0.29, 0.717) is 29.1 Å². The number of anilines is 3. The Bertz CT molecular complexity index is 1810. The smallest absolute Gasteiger partial charge is 0.205 e. The Kier molecular flexibility index (Phi) is 10.1. The predicted molar refractivity (Wildman–Crippen MR) is 194 cm³/mol. The normalized spacial score (nSPS) is 21.6. The molecular weight excluding hydrogens is 657 g/mol. The van der Waals surface area contributed by atoms with Crippen molar-refractivity contribution in [3.8, 4) is 5.75 Å². The van der Waals surface area contributed by atoms with Gasteiger partial charge in [-0.1, -0.05) is 30.3 Å². The minimum atomic E-state index is -3.48. The number of fused-ring (bicyclic) bond motifs is 2. The van der Waals surface area contributed by atoms with Crippen LogP contribution in [0.1, 0.15) is 43.9 Å². The number of piperazine rings is 1. The van der Waals surface area contributed by atoms with Crippen LogP contribution in [-0.4, -0.2) is 96.8 Å². The van der Waals surface area contributed by atoms with Crippen molar-refractivity contribution >= 4 is 39.1 Å². The molecule has 3 saturated heterocycles. The summed E-state index contributed by atoms with van der Waals surface area (Å²) in [6.07, 6.45) is 5.34. The highest BCUT2D eigenvalue weighted by atomic mass is 32.2. The fourth-order valence-corrected chi connectivity index (χ4v) is 9.62. The van der Waals surface area contributed by atoms with Gasteiger partial charge in [0.2, 0.25) is 5.75 Å². The molecule has 0 amide bonds. The van der Waals surface area contributed by atoms with Crippen LogP contribution >= 0.6 is 11.8 Å². The number of H-pyrrole nitrogens is 1. The van der Waals surface area contributed by atoms with Gasteiger partial charge in [-0.2, -0.15) is 5.10 Å². The number of aryl methyl sites for hydroxylation is 1. The second-order valence-electron chi connectivity index (χ2n) is 13.5. The van der Waals surface area contributed by atoms with E-state index in [1.165, 1.54) is 44.0 Å². The molecule has 3 aliphatic heterocycles. The van der Waals surface area contributed by atoms with Crippen LogP contribution < -0.4 is 15.0 Å². The molecule has 4 aromatic rings. The van der Waals surface area contributed by atoms with Crippen LogP contribution in [0.5, 0.6) is 5.75 Å². The van der Waals surface area contributed by atoms with E-state index in [0.717, 1.165) is 66.2 Å². The van der Waals surface area contributed by atoms with Gasteiger partial charge in [0.15, 0.2) is 32.4 Å². The maximum atomic E-state index is 13.1. The van der Waals surface area contributed by atoms with Crippen LogP contribution in [0.2, 0.25) is 0 Å². The van der Waals surface area contributed by atoms with Crippen LogP contribution in [0.15, 0.2) is 75.6 Å². The average Bonchev–Trinajstić information content (AvgIpc) is 3.58. The molecule has 7 rings (SSSR count). The van der Waals surface area contributed by atoms with Crippen LogP contribution in [0.4, 0.5) is 17.5 Å². The van der Waals surface area contributed by atoms with E-state index in [-0.39, 0.29) is 10.6 Å². The number of benzene rings is 2. The topological polar surface area (TPSA) is 120 Å². The van der Waals surface area contributed by atoms with E-state index in [9.17, 15) is 8.42 Å². The third kappa shape index (κ3) is 7.90. The summed E-state index contributed by atoms with van der Waals surface area (Å²) in [4.78, 5) is 18.6. The van der Waals surface area contributed by atoms with E-state index < -0.39 is 9.84 Å². The molecule has 0 aliphatic carbocycles. The van der Waals surface area contributed by atoms with Crippen molar-refractivity contribution in [2.24, 2.45) is 5.92 Å². The van der Waals surface area contributed by atoms with Crippen molar-refractivity contribution in [1.82, 2.24) is 30.0 Å².